The average Bonchev–Trinajstić information content (AvgIpc) is 3.03. The van der Waals surface area contributed by atoms with Crippen LogP contribution in [0.1, 0.15) is 18.1 Å². The molecule has 0 aliphatic carbocycles. The Hall–Kier alpha value is -3.52. The predicted molar refractivity (Wildman–Crippen MR) is 99.0 cm³/mol. The molecular weight excluding hydrogens is 330 g/mol. The second kappa shape index (κ2) is 8.04. The summed E-state index contributed by atoms with van der Waals surface area (Å²) < 4.78 is 16.3. The molecule has 26 heavy (non-hydrogen) atoms. The maximum atomic E-state index is 12.1. The minimum Gasteiger partial charge on any atom is -0.490 e. The Morgan fingerprint density at radius 2 is 1.96 bits per heavy atom. The third-order valence-electron chi connectivity index (χ3n) is 3.52. The van der Waals surface area contributed by atoms with E-state index in [0.717, 1.165) is 11.1 Å². The van der Waals surface area contributed by atoms with Crippen LogP contribution in [0.3, 0.4) is 0 Å². The van der Waals surface area contributed by atoms with Crippen LogP contribution in [0.4, 0.5) is 0 Å². The number of ether oxygens (including phenoxy) is 3. The first-order chi connectivity index (χ1) is 12.7. The van der Waals surface area contributed by atoms with Crippen LogP contribution in [-0.2, 0) is 9.53 Å². The Morgan fingerprint density at radius 1 is 1.15 bits per heavy atom. The van der Waals surface area contributed by atoms with Gasteiger partial charge in [0.05, 0.1) is 6.61 Å². The Bertz CT molecular complexity index is 907. The molecule has 0 aromatic heterocycles. The second-order valence-electron chi connectivity index (χ2n) is 5.33. The van der Waals surface area contributed by atoms with Crippen molar-refractivity contribution in [2.75, 3.05) is 13.2 Å². The number of benzene rings is 2. The first-order valence-electron chi connectivity index (χ1n) is 8.12. The second-order valence-corrected chi connectivity index (χ2v) is 5.33. The molecule has 0 saturated carbocycles. The molecule has 0 amide bonds. The maximum Gasteiger partial charge on any atom is 0.363 e. The van der Waals surface area contributed by atoms with E-state index in [2.05, 4.69) is 10.9 Å². The molecule has 1 aliphatic heterocycles. The molecule has 0 atom stereocenters. The lowest BCUT2D eigenvalue weighted by atomic mass is 10.1. The number of esters is 1. The number of nitrogens with zero attached hydrogens (tertiary/aromatic N) is 1. The van der Waals surface area contributed by atoms with Gasteiger partial charge in [-0.25, -0.2) is 9.79 Å². The zero-order valence-electron chi connectivity index (χ0n) is 14.3. The standard InChI is InChI=1S/C21H17NO4/c1-3-12-25-18-11-10-15(14-19(18)24-4-2)13-17-21(23)26-20(22-17)16-8-6-5-7-9-16/h1,5-11,13-14H,4,12H2,2H3/b17-13+. The van der Waals surface area contributed by atoms with Crippen molar-refractivity contribution in [3.05, 3.63) is 65.4 Å². The van der Waals surface area contributed by atoms with E-state index < -0.39 is 5.97 Å². The number of hydrogen-bond donors (Lipinski definition) is 0. The number of cyclic esters (lactones) is 1. The van der Waals surface area contributed by atoms with Crippen molar-refractivity contribution >= 4 is 17.9 Å². The highest BCUT2D eigenvalue weighted by atomic mass is 16.6. The van der Waals surface area contributed by atoms with Crippen LogP contribution in [0.25, 0.3) is 6.08 Å². The molecule has 0 fully saturated rings. The van der Waals surface area contributed by atoms with Gasteiger partial charge in [-0.3, -0.25) is 0 Å². The minimum atomic E-state index is -0.491. The first-order valence-corrected chi connectivity index (χ1v) is 8.12. The molecule has 0 unspecified atom stereocenters. The van der Waals surface area contributed by atoms with Crippen LogP contribution < -0.4 is 9.47 Å². The van der Waals surface area contributed by atoms with E-state index in [0.29, 0.717) is 24.0 Å². The van der Waals surface area contributed by atoms with Gasteiger partial charge < -0.3 is 14.2 Å². The van der Waals surface area contributed by atoms with Crippen molar-refractivity contribution in [3.8, 4) is 23.8 Å². The van der Waals surface area contributed by atoms with Crippen molar-refractivity contribution in [1.29, 1.82) is 0 Å². The molecule has 0 N–H and O–H groups in total. The molecular formula is C21H17NO4. The van der Waals surface area contributed by atoms with Crippen LogP contribution in [0.15, 0.2) is 59.2 Å². The molecule has 2 aromatic carbocycles. The largest absolute Gasteiger partial charge is 0.490 e. The van der Waals surface area contributed by atoms with Crippen LogP contribution in [0.5, 0.6) is 11.5 Å². The number of rotatable bonds is 6. The summed E-state index contributed by atoms with van der Waals surface area (Å²) in [5.41, 5.74) is 1.72. The molecule has 1 aliphatic rings. The minimum absolute atomic E-state index is 0.150. The lowest BCUT2D eigenvalue weighted by molar-refractivity contribution is -0.129. The van der Waals surface area contributed by atoms with Gasteiger partial charge >= 0.3 is 5.97 Å². The van der Waals surface area contributed by atoms with Crippen molar-refractivity contribution in [3.63, 3.8) is 0 Å². The summed E-state index contributed by atoms with van der Waals surface area (Å²) in [7, 11) is 0. The number of carbonyl (C=O) groups is 1. The van der Waals surface area contributed by atoms with Gasteiger partial charge in [-0.1, -0.05) is 30.2 Å². The third-order valence-corrected chi connectivity index (χ3v) is 3.52. The van der Waals surface area contributed by atoms with Gasteiger partial charge in [0.1, 0.15) is 6.61 Å². The summed E-state index contributed by atoms with van der Waals surface area (Å²) in [5, 5.41) is 0. The zero-order valence-corrected chi connectivity index (χ0v) is 14.3. The summed E-state index contributed by atoms with van der Waals surface area (Å²) in [6, 6.07) is 14.6. The molecule has 5 heteroatoms. The normalized spacial score (nSPS) is 14.5. The zero-order chi connectivity index (χ0) is 18.4. The number of terminal acetylenes is 1. The average molecular weight is 347 g/mol. The third kappa shape index (κ3) is 3.93. The lowest BCUT2D eigenvalue weighted by Crippen LogP contribution is -2.05. The summed E-state index contributed by atoms with van der Waals surface area (Å²) in [5.74, 6) is 3.32. The van der Waals surface area contributed by atoms with Crippen molar-refractivity contribution < 1.29 is 19.0 Å². The number of hydrogen-bond acceptors (Lipinski definition) is 5. The smallest absolute Gasteiger partial charge is 0.363 e. The molecule has 3 rings (SSSR count). The van der Waals surface area contributed by atoms with E-state index in [-0.39, 0.29) is 12.3 Å². The Labute approximate surface area is 151 Å². The van der Waals surface area contributed by atoms with E-state index >= 15 is 0 Å². The lowest BCUT2D eigenvalue weighted by Gasteiger charge is -2.10. The Balaban J connectivity index is 1.89. The molecule has 2 aromatic rings. The van der Waals surface area contributed by atoms with Gasteiger partial charge in [0.25, 0.3) is 0 Å². The van der Waals surface area contributed by atoms with Crippen molar-refractivity contribution in [2.24, 2.45) is 4.99 Å². The topological polar surface area (TPSA) is 57.1 Å². The molecule has 1 heterocycles. The molecule has 0 spiro atoms. The number of aliphatic imine (C=N–C) groups is 1. The molecule has 5 nitrogen and oxygen atoms in total. The van der Waals surface area contributed by atoms with E-state index in [1.54, 1.807) is 24.3 Å². The highest BCUT2D eigenvalue weighted by Gasteiger charge is 2.24. The van der Waals surface area contributed by atoms with Gasteiger partial charge in [-0.15, -0.1) is 6.42 Å². The fraction of sp³-hybridized carbons (Fsp3) is 0.143. The van der Waals surface area contributed by atoms with Crippen LogP contribution in [0.2, 0.25) is 0 Å². The Kier molecular flexibility index (Phi) is 5.35. The molecule has 0 bridgehead atoms. The van der Waals surface area contributed by atoms with E-state index in [4.69, 9.17) is 20.6 Å². The van der Waals surface area contributed by atoms with E-state index in [1.807, 2.05) is 37.3 Å². The summed E-state index contributed by atoms with van der Waals surface area (Å²) >= 11 is 0. The van der Waals surface area contributed by atoms with E-state index in [9.17, 15) is 4.79 Å². The summed E-state index contributed by atoms with van der Waals surface area (Å²) in [6.45, 7) is 2.50. The van der Waals surface area contributed by atoms with Crippen molar-refractivity contribution in [1.82, 2.24) is 0 Å². The molecule has 130 valence electrons. The van der Waals surface area contributed by atoms with Crippen LogP contribution in [0, 0.1) is 12.3 Å². The van der Waals surface area contributed by atoms with Crippen LogP contribution >= 0.6 is 0 Å². The molecule has 0 saturated heterocycles. The SMILES string of the molecule is C#CCOc1ccc(/C=C2/N=C(c3ccccc3)OC2=O)cc1OCC. The fourth-order valence-electron chi connectivity index (χ4n) is 2.39. The van der Waals surface area contributed by atoms with Gasteiger partial charge in [-0.2, -0.15) is 0 Å². The van der Waals surface area contributed by atoms with Gasteiger partial charge in [0.2, 0.25) is 5.90 Å². The molecule has 0 radical (unpaired) electrons. The summed E-state index contributed by atoms with van der Waals surface area (Å²) in [6.07, 6.45) is 6.87. The van der Waals surface area contributed by atoms with Gasteiger partial charge in [0, 0.05) is 5.56 Å². The summed E-state index contributed by atoms with van der Waals surface area (Å²) in [4.78, 5) is 16.4. The van der Waals surface area contributed by atoms with Gasteiger partial charge in [-0.05, 0) is 42.8 Å². The number of carbonyl (C=O) groups excluding carboxylic acids is 1. The van der Waals surface area contributed by atoms with E-state index in [1.165, 1.54) is 0 Å². The maximum absolute atomic E-state index is 12.1. The quantitative estimate of drug-likeness (QED) is 0.456. The first kappa shape index (κ1) is 17.3. The highest BCUT2D eigenvalue weighted by Crippen LogP contribution is 2.30. The predicted octanol–water partition coefficient (Wildman–Crippen LogP) is 3.44. The Morgan fingerprint density at radius 3 is 2.69 bits per heavy atom. The van der Waals surface area contributed by atoms with Crippen LogP contribution in [-0.4, -0.2) is 25.1 Å². The monoisotopic (exact) mass is 347 g/mol. The van der Waals surface area contributed by atoms with Gasteiger partial charge in [0.15, 0.2) is 17.2 Å². The fourth-order valence-corrected chi connectivity index (χ4v) is 2.39. The highest BCUT2D eigenvalue weighted by molar-refractivity contribution is 6.12. The van der Waals surface area contributed by atoms with Crippen molar-refractivity contribution in [2.45, 2.75) is 6.92 Å².